The summed E-state index contributed by atoms with van der Waals surface area (Å²) in [4.78, 5) is 12.6. The van der Waals surface area contributed by atoms with Gasteiger partial charge in [0.05, 0.1) is 30.3 Å². The van der Waals surface area contributed by atoms with Gasteiger partial charge >= 0.3 is 5.97 Å². The number of hydrogen-bond donors (Lipinski definition) is 0. The number of hydrogen-bond acceptors (Lipinski definition) is 7. The van der Waals surface area contributed by atoms with Crippen molar-refractivity contribution in [3.05, 3.63) is 58.1 Å². The lowest BCUT2D eigenvalue weighted by atomic mass is 10.1. The van der Waals surface area contributed by atoms with Gasteiger partial charge in [-0.25, -0.2) is 13.2 Å². The van der Waals surface area contributed by atoms with Crippen LogP contribution in [0.25, 0.3) is 0 Å². The van der Waals surface area contributed by atoms with E-state index in [1.54, 1.807) is 12.1 Å². The van der Waals surface area contributed by atoms with Gasteiger partial charge in [0, 0.05) is 29.2 Å². The van der Waals surface area contributed by atoms with Crippen LogP contribution in [0.15, 0.2) is 41.3 Å². The van der Waals surface area contributed by atoms with Gasteiger partial charge in [-0.3, -0.25) is 0 Å². The highest BCUT2D eigenvalue weighted by atomic mass is 35.5. The number of benzene rings is 2. The summed E-state index contributed by atoms with van der Waals surface area (Å²) in [5.41, 5.74) is 1.54. The molecule has 0 saturated carbocycles. The van der Waals surface area contributed by atoms with Crippen molar-refractivity contribution in [1.29, 1.82) is 0 Å². The Balaban J connectivity index is 1.50. The van der Waals surface area contributed by atoms with Crippen molar-refractivity contribution in [2.75, 3.05) is 33.1 Å². The monoisotopic (exact) mass is 453 g/mol. The van der Waals surface area contributed by atoms with E-state index in [1.807, 2.05) is 0 Å². The van der Waals surface area contributed by atoms with Crippen LogP contribution >= 0.6 is 11.6 Å². The van der Waals surface area contributed by atoms with E-state index in [2.05, 4.69) is 0 Å². The average Bonchev–Trinajstić information content (AvgIpc) is 2.77. The number of sulfonamides is 1. The van der Waals surface area contributed by atoms with E-state index in [4.69, 9.17) is 30.5 Å². The number of nitrogens with zero attached hydrogens (tertiary/aromatic N) is 1. The highest BCUT2D eigenvalue weighted by molar-refractivity contribution is 7.89. The molecule has 0 N–H and O–H groups in total. The first-order valence-corrected chi connectivity index (χ1v) is 11.1. The van der Waals surface area contributed by atoms with Crippen molar-refractivity contribution < 1.29 is 32.2 Å². The van der Waals surface area contributed by atoms with Crippen LogP contribution in [-0.2, 0) is 37.4 Å². The van der Waals surface area contributed by atoms with E-state index in [0.29, 0.717) is 36.2 Å². The molecule has 0 bridgehead atoms. The molecule has 10 heteroatoms. The predicted molar refractivity (Wildman–Crippen MR) is 107 cm³/mol. The fraction of sp³-hybridized carbons (Fsp3) is 0.350. The lowest BCUT2D eigenvalue weighted by Crippen LogP contribution is -2.40. The Bertz CT molecular complexity index is 1050. The number of carbonyl (C=O) groups excluding carboxylic acids is 1. The Hall–Kier alpha value is -2.17. The van der Waals surface area contributed by atoms with Gasteiger partial charge in [-0.1, -0.05) is 17.7 Å². The molecule has 30 heavy (non-hydrogen) atoms. The fourth-order valence-corrected chi connectivity index (χ4v) is 5.03. The molecule has 160 valence electrons. The minimum Gasteiger partial charge on any atom is -0.467 e. The first-order valence-electron chi connectivity index (χ1n) is 9.32. The molecule has 0 aliphatic carbocycles. The third-order valence-electron chi connectivity index (χ3n) is 4.79. The van der Waals surface area contributed by atoms with Gasteiger partial charge in [0.2, 0.25) is 10.0 Å². The molecule has 0 unspecified atom stereocenters. The Kier molecular flexibility index (Phi) is 6.26. The molecule has 4 rings (SSSR count). The fourth-order valence-electron chi connectivity index (χ4n) is 3.31. The van der Waals surface area contributed by atoms with E-state index in [0.717, 1.165) is 5.56 Å². The number of carbonyl (C=O) groups is 1. The Morgan fingerprint density at radius 3 is 2.73 bits per heavy atom. The number of halogens is 1. The molecule has 1 fully saturated rings. The van der Waals surface area contributed by atoms with E-state index in [-0.39, 0.29) is 36.9 Å². The molecule has 0 aromatic heterocycles. The van der Waals surface area contributed by atoms with Gasteiger partial charge in [-0.2, -0.15) is 4.31 Å². The van der Waals surface area contributed by atoms with Gasteiger partial charge in [0.25, 0.3) is 0 Å². The van der Waals surface area contributed by atoms with Crippen LogP contribution in [0.5, 0.6) is 5.75 Å². The Morgan fingerprint density at radius 2 is 1.93 bits per heavy atom. The molecule has 0 radical (unpaired) electrons. The van der Waals surface area contributed by atoms with E-state index in [9.17, 15) is 13.2 Å². The summed E-state index contributed by atoms with van der Waals surface area (Å²) in [6, 6.07) is 9.22. The van der Waals surface area contributed by atoms with Gasteiger partial charge in [-0.15, -0.1) is 0 Å². The topological polar surface area (TPSA) is 91.4 Å². The smallest absolute Gasteiger partial charge is 0.338 e. The molecule has 0 atom stereocenters. The minimum absolute atomic E-state index is 0.0412. The average molecular weight is 454 g/mol. The lowest BCUT2D eigenvalue weighted by Gasteiger charge is -2.26. The molecule has 2 aliphatic rings. The van der Waals surface area contributed by atoms with E-state index < -0.39 is 16.0 Å². The number of rotatable bonds is 5. The second-order valence-electron chi connectivity index (χ2n) is 6.78. The molecule has 0 amide bonds. The van der Waals surface area contributed by atoms with Crippen LogP contribution in [0.4, 0.5) is 0 Å². The standard InChI is InChI=1S/C20H20ClNO7S/c21-17-8-15-11-27-13-29-19(15)16(9-17)12-28-20(23)14-2-1-3-18(10-14)30(24,25)22-4-6-26-7-5-22/h1-3,8-10H,4-7,11-13H2. The van der Waals surface area contributed by atoms with Crippen molar-refractivity contribution >= 4 is 27.6 Å². The maximum atomic E-state index is 12.8. The van der Waals surface area contributed by atoms with Gasteiger partial charge < -0.3 is 18.9 Å². The maximum Gasteiger partial charge on any atom is 0.338 e. The summed E-state index contributed by atoms with van der Waals surface area (Å²) in [5.74, 6) is -0.0584. The highest BCUT2D eigenvalue weighted by Crippen LogP contribution is 2.32. The zero-order chi connectivity index (χ0) is 21.1. The lowest BCUT2D eigenvalue weighted by molar-refractivity contribution is -0.0180. The predicted octanol–water partition coefficient (Wildman–Crippen LogP) is 2.58. The van der Waals surface area contributed by atoms with Crippen molar-refractivity contribution in [3.8, 4) is 5.75 Å². The number of fused-ring (bicyclic) bond motifs is 1. The molecule has 0 spiro atoms. The second kappa shape index (κ2) is 8.91. The summed E-state index contributed by atoms with van der Waals surface area (Å²) in [7, 11) is -3.71. The number of morpholine rings is 1. The molecule has 2 heterocycles. The van der Waals surface area contributed by atoms with E-state index >= 15 is 0 Å². The molecular weight excluding hydrogens is 434 g/mol. The number of ether oxygens (including phenoxy) is 4. The van der Waals surface area contributed by atoms with Crippen molar-refractivity contribution in [2.24, 2.45) is 0 Å². The zero-order valence-corrected chi connectivity index (χ0v) is 17.6. The van der Waals surface area contributed by atoms with Crippen LogP contribution in [0.3, 0.4) is 0 Å². The summed E-state index contributed by atoms with van der Waals surface area (Å²) in [6.07, 6.45) is 0. The molecule has 1 saturated heterocycles. The van der Waals surface area contributed by atoms with Gasteiger partial charge in [-0.05, 0) is 30.3 Å². The first kappa shape index (κ1) is 21.1. The molecular formula is C20H20ClNO7S. The minimum atomic E-state index is -3.71. The SMILES string of the molecule is O=C(OCc1cc(Cl)cc2c1OCOC2)c1cccc(S(=O)(=O)N2CCOCC2)c1. The van der Waals surface area contributed by atoms with Crippen LogP contribution < -0.4 is 4.74 Å². The van der Waals surface area contributed by atoms with Crippen LogP contribution in [0.2, 0.25) is 5.02 Å². The van der Waals surface area contributed by atoms with Gasteiger partial charge in [0.15, 0.2) is 6.79 Å². The van der Waals surface area contributed by atoms with Crippen molar-refractivity contribution in [3.63, 3.8) is 0 Å². The quantitative estimate of drug-likeness (QED) is 0.642. The second-order valence-corrected chi connectivity index (χ2v) is 9.16. The van der Waals surface area contributed by atoms with Crippen molar-refractivity contribution in [2.45, 2.75) is 18.1 Å². The number of esters is 1. The van der Waals surface area contributed by atoms with Crippen LogP contribution in [0, 0.1) is 0 Å². The van der Waals surface area contributed by atoms with Crippen LogP contribution in [0.1, 0.15) is 21.5 Å². The Morgan fingerprint density at radius 1 is 1.13 bits per heavy atom. The summed E-state index contributed by atoms with van der Waals surface area (Å²) in [5, 5.41) is 0.479. The van der Waals surface area contributed by atoms with E-state index in [1.165, 1.54) is 28.6 Å². The zero-order valence-electron chi connectivity index (χ0n) is 16.0. The third kappa shape index (κ3) is 4.45. The summed E-state index contributed by atoms with van der Waals surface area (Å²) < 4.78 is 48.3. The molecule has 2 aromatic carbocycles. The summed E-state index contributed by atoms with van der Waals surface area (Å²) >= 11 is 6.13. The molecule has 8 nitrogen and oxygen atoms in total. The Labute approximate surface area is 179 Å². The van der Waals surface area contributed by atoms with Crippen LogP contribution in [-0.4, -0.2) is 51.8 Å². The highest BCUT2D eigenvalue weighted by Gasteiger charge is 2.27. The van der Waals surface area contributed by atoms with Crippen molar-refractivity contribution in [1.82, 2.24) is 4.31 Å². The largest absolute Gasteiger partial charge is 0.467 e. The van der Waals surface area contributed by atoms with Gasteiger partial charge in [0.1, 0.15) is 12.4 Å². The maximum absolute atomic E-state index is 12.8. The first-order chi connectivity index (χ1) is 14.4. The molecule has 2 aromatic rings. The third-order valence-corrected chi connectivity index (χ3v) is 6.90. The normalized spacial score (nSPS) is 17.1. The summed E-state index contributed by atoms with van der Waals surface area (Å²) in [6.45, 7) is 1.65. The molecule has 2 aliphatic heterocycles.